The summed E-state index contributed by atoms with van der Waals surface area (Å²) in [6.07, 6.45) is 8.72. The molecule has 6 rings (SSSR count). The molecule has 2 aliphatic carbocycles. The maximum atomic E-state index is 12.9. The molecule has 0 spiro atoms. The van der Waals surface area contributed by atoms with Gasteiger partial charge < -0.3 is 4.90 Å². The fraction of sp³-hybridized carbons (Fsp3) is 0.500. The molecule has 210 valence electrons. The van der Waals surface area contributed by atoms with Gasteiger partial charge in [0.25, 0.3) is 5.91 Å². The number of thiophene rings is 2. The second-order valence-electron chi connectivity index (χ2n) is 12.5. The van der Waals surface area contributed by atoms with Crippen molar-refractivity contribution in [2.75, 3.05) is 13.6 Å². The number of rotatable bonds is 4. The Morgan fingerprint density at radius 2 is 1.70 bits per heavy atom. The quantitative estimate of drug-likeness (QED) is 0.230. The molecule has 1 saturated heterocycles. The van der Waals surface area contributed by atoms with Gasteiger partial charge in [-0.3, -0.25) is 9.69 Å². The van der Waals surface area contributed by atoms with Crippen molar-refractivity contribution in [3.05, 3.63) is 51.9 Å². The summed E-state index contributed by atoms with van der Waals surface area (Å²) >= 11 is 3.27. The average Bonchev–Trinajstić information content (AvgIpc) is 3.49. The fourth-order valence-electron chi connectivity index (χ4n) is 6.78. The zero-order valence-electron chi connectivity index (χ0n) is 24.1. The number of fused-ring (bicyclic) bond motifs is 2. The highest BCUT2D eigenvalue weighted by atomic mass is 32.1. The predicted octanol–water partition coefficient (Wildman–Crippen LogP) is 9.63. The van der Waals surface area contributed by atoms with Gasteiger partial charge in [0.1, 0.15) is 5.00 Å². The van der Waals surface area contributed by atoms with E-state index in [1.165, 1.54) is 28.9 Å². The van der Waals surface area contributed by atoms with E-state index in [4.69, 9.17) is 0 Å². The number of imide groups is 1. The molecule has 0 radical (unpaired) electrons. The minimum Gasteiger partial charge on any atom is -0.317 e. The van der Waals surface area contributed by atoms with E-state index >= 15 is 0 Å². The Labute approximate surface area is 244 Å². The molecule has 1 aromatic carbocycles. The topological polar surface area (TPSA) is 65.3 Å². The van der Waals surface area contributed by atoms with E-state index in [2.05, 4.69) is 68.3 Å². The van der Waals surface area contributed by atoms with Gasteiger partial charge in [0.2, 0.25) is 0 Å². The van der Waals surface area contributed by atoms with Crippen molar-refractivity contribution in [1.82, 2.24) is 9.80 Å². The lowest BCUT2D eigenvalue weighted by molar-refractivity contribution is -0.125. The van der Waals surface area contributed by atoms with Crippen LogP contribution in [0.25, 0.3) is 15.5 Å². The fourth-order valence-corrected chi connectivity index (χ4v) is 8.97. The molecule has 0 N–H and O–H groups in total. The first-order chi connectivity index (χ1) is 19.1. The van der Waals surface area contributed by atoms with Gasteiger partial charge in [-0.1, -0.05) is 53.0 Å². The second-order valence-corrected chi connectivity index (χ2v) is 14.7. The van der Waals surface area contributed by atoms with E-state index in [9.17, 15) is 9.59 Å². The average molecular weight is 575 g/mol. The third-order valence-electron chi connectivity index (χ3n) is 9.33. The second kappa shape index (κ2) is 10.5. The number of likely N-dealkylation sites (N-methyl/N-ethyl adjacent to an activating group) is 1. The lowest BCUT2D eigenvalue weighted by Crippen LogP contribution is -2.55. The lowest BCUT2D eigenvalue weighted by atomic mass is 9.63. The third-order valence-corrected chi connectivity index (χ3v) is 11.5. The van der Waals surface area contributed by atoms with Crippen LogP contribution in [0.15, 0.2) is 46.1 Å². The maximum Gasteiger partial charge on any atom is 0.327 e. The number of hydrogen-bond acceptors (Lipinski definition) is 6. The zero-order valence-corrected chi connectivity index (χ0v) is 25.7. The molecule has 3 aromatic rings. The van der Waals surface area contributed by atoms with Crippen molar-refractivity contribution in [1.29, 1.82) is 0 Å². The highest BCUT2D eigenvalue weighted by Gasteiger charge is 2.38. The Hall–Kier alpha value is -2.84. The Bertz CT molecular complexity index is 1490. The summed E-state index contributed by atoms with van der Waals surface area (Å²) in [6, 6.07) is 10.8. The number of nitrogens with zero attached hydrogens (tertiary/aromatic N) is 4. The predicted molar refractivity (Wildman–Crippen MR) is 165 cm³/mol. The Morgan fingerprint density at radius 1 is 0.950 bits per heavy atom. The van der Waals surface area contributed by atoms with Crippen LogP contribution in [0, 0.1) is 5.41 Å². The van der Waals surface area contributed by atoms with Crippen LogP contribution in [0.5, 0.6) is 0 Å². The van der Waals surface area contributed by atoms with Crippen LogP contribution >= 0.6 is 22.7 Å². The molecular weight excluding hydrogens is 537 g/mol. The monoisotopic (exact) mass is 574 g/mol. The Kier molecular flexibility index (Phi) is 7.20. The van der Waals surface area contributed by atoms with E-state index in [1.807, 2.05) is 11.0 Å². The number of azo groups is 1. The van der Waals surface area contributed by atoms with E-state index in [0.29, 0.717) is 29.4 Å². The first-order valence-electron chi connectivity index (χ1n) is 14.5. The summed E-state index contributed by atoms with van der Waals surface area (Å²) in [5, 5.41) is 10.0. The molecule has 2 unspecified atom stereocenters. The van der Waals surface area contributed by atoms with Crippen LogP contribution in [0.2, 0.25) is 0 Å². The standard InChI is InChI=1S/C32H38N4O2S2/c1-19-17-32(3,4)20(2)25-12-11-22(14-26(19)25)33-34-29-16-28-27(40-29)15-24(39-28)13-21-18-36(23-9-7-6-8-10-23)31(38)35(5)30(21)37/h11-16,19-20,23H,6-10,17-18H2,1-5H3/b21-13-,34-33+. The van der Waals surface area contributed by atoms with Gasteiger partial charge in [-0.05, 0) is 78.0 Å². The molecule has 1 aliphatic heterocycles. The first kappa shape index (κ1) is 27.3. The number of benzene rings is 1. The van der Waals surface area contributed by atoms with E-state index in [-0.39, 0.29) is 18.0 Å². The van der Waals surface area contributed by atoms with Crippen LogP contribution < -0.4 is 0 Å². The van der Waals surface area contributed by atoms with Crippen molar-refractivity contribution < 1.29 is 9.59 Å². The van der Waals surface area contributed by atoms with Gasteiger partial charge in [-0.25, -0.2) is 4.79 Å². The highest BCUT2D eigenvalue weighted by Crippen LogP contribution is 2.50. The minimum absolute atomic E-state index is 0.164. The maximum absolute atomic E-state index is 12.9. The summed E-state index contributed by atoms with van der Waals surface area (Å²) in [5.41, 5.74) is 4.73. The van der Waals surface area contributed by atoms with Gasteiger partial charge in [0.15, 0.2) is 0 Å². The summed E-state index contributed by atoms with van der Waals surface area (Å²) in [7, 11) is 1.60. The van der Waals surface area contributed by atoms with E-state index in [1.54, 1.807) is 29.7 Å². The van der Waals surface area contributed by atoms with Gasteiger partial charge in [-0.15, -0.1) is 32.9 Å². The molecule has 2 aromatic heterocycles. The van der Waals surface area contributed by atoms with Crippen LogP contribution in [0.4, 0.5) is 15.5 Å². The number of amides is 3. The normalized spacial score (nSPS) is 25.0. The Morgan fingerprint density at radius 3 is 2.45 bits per heavy atom. The largest absolute Gasteiger partial charge is 0.327 e. The molecule has 40 heavy (non-hydrogen) atoms. The Balaban J connectivity index is 1.19. The molecule has 2 fully saturated rings. The highest BCUT2D eigenvalue weighted by molar-refractivity contribution is 7.30. The van der Waals surface area contributed by atoms with E-state index in [0.717, 1.165) is 50.6 Å². The van der Waals surface area contributed by atoms with Crippen molar-refractivity contribution >= 4 is 60.8 Å². The third kappa shape index (κ3) is 5.05. The van der Waals surface area contributed by atoms with Gasteiger partial charge in [0.05, 0.1) is 12.2 Å². The molecule has 2 atom stereocenters. The summed E-state index contributed by atoms with van der Waals surface area (Å²) in [5.74, 6) is 0.846. The molecule has 3 amide bonds. The lowest BCUT2D eigenvalue weighted by Gasteiger charge is -2.41. The molecule has 0 bridgehead atoms. The van der Waals surface area contributed by atoms with Crippen LogP contribution in [-0.2, 0) is 4.79 Å². The van der Waals surface area contributed by atoms with Crippen molar-refractivity contribution in [2.24, 2.45) is 15.6 Å². The molecule has 6 nitrogen and oxygen atoms in total. The van der Waals surface area contributed by atoms with Crippen molar-refractivity contribution in [3.8, 4) is 0 Å². The van der Waals surface area contributed by atoms with Crippen LogP contribution in [-0.4, -0.2) is 41.4 Å². The number of hydrogen-bond donors (Lipinski definition) is 0. The number of carbonyl (C=O) groups is 2. The summed E-state index contributed by atoms with van der Waals surface area (Å²) < 4.78 is 2.27. The van der Waals surface area contributed by atoms with Crippen LogP contribution in [0.1, 0.15) is 94.1 Å². The molecular formula is C32H38N4O2S2. The molecule has 3 heterocycles. The van der Waals surface area contributed by atoms with Crippen molar-refractivity contribution in [2.45, 2.75) is 84.1 Å². The minimum atomic E-state index is -0.194. The molecule has 1 saturated carbocycles. The van der Waals surface area contributed by atoms with Gasteiger partial charge in [-0.2, -0.15) is 0 Å². The van der Waals surface area contributed by atoms with Crippen molar-refractivity contribution in [3.63, 3.8) is 0 Å². The van der Waals surface area contributed by atoms with E-state index < -0.39 is 0 Å². The SMILES string of the molecule is CC1CC(C)(C)C(C)c2ccc(/N=N/c3cc4sc(/C=C5/CN(C6CCCCC6)C(=O)N(C)C5=O)cc4s3)cc21. The molecule has 8 heteroatoms. The zero-order chi connectivity index (χ0) is 28.2. The van der Waals surface area contributed by atoms with Crippen LogP contribution in [0.3, 0.4) is 0 Å². The number of urea groups is 1. The summed E-state index contributed by atoms with van der Waals surface area (Å²) in [4.78, 5) is 30.0. The number of carbonyl (C=O) groups excluding carboxylic acids is 2. The smallest absolute Gasteiger partial charge is 0.317 e. The summed E-state index contributed by atoms with van der Waals surface area (Å²) in [6.45, 7) is 9.79. The van der Waals surface area contributed by atoms with Gasteiger partial charge in [0, 0.05) is 32.9 Å². The molecule has 3 aliphatic rings. The van der Waals surface area contributed by atoms with Gasteiger partial charge >= 0.3 is 6.03 Å². The first-order valence-corrected chi connectivity index (χ1v) is 16.1.